The zero-order valence-corrected chi connectivity index (χ0v) is 13.0. The van der Waals surface area contributed by atoms with E-state index in [0.717, 1.165) is 5.56 Å². The van der Waals surface area contributed by atoms with E-state index in [1.807, 2.05) is 32.9 Å². The van der Waals surface area contributed by atoms with Gasteiger partial charge in [-0.1, -0.05) is 12.2 Å². The largest absolute Gasteiger partial charge is 0.493 e. The van der Waals surface area contributed by atoms with Crippen LogP contribution in [-0.4, -0.2) is 30.3 Å². The molecule has 0 radical (unpaired) electrons. The molecule has 0 fully saturated rings. The Hall–Kier alpha value is -2.24. The highest BCUT2D eigenvalue weighted by molar-refractivity contribution is 5.67. The highest BCUT2D eigenvalue weighted by Gasteiger charge is 2.15. The molecule has 0 unspecified atom stereocenters. The molecule has 1 aromatic rings. The molecule has 6 nitrogen and oxygen atoms in total. The normalized spacial score (nSPS) is 11.4. The van der Waals surface area contributed by atoms with Crippen LogP contribution >= 0.6 is 0 Å². The van der Waals surface area contributed by atoms with Crippen LogP contribution in [0.4, 0.5) is 10.6 Å². The zero-order chi connectivity index (χ0) is 15.9. The van der Waals surface area contributed by atoms with E-state index in [9.17, 15) is 4.79 Å². The summed E-state index contributed by atoms with van der Waals surface area (Å²) in [4.78, 5) is 15.4. The summed E-state index contributed by atoms with van der Waals surface area (Å²) in [5.41, 5.74) is 6.05. The quantitative estimate of drug-likeness (QED) is 0.815. The monoisotopic (exact) mass is 293 g/mol. The van der Waals surface area contributed by atoms with Gasteiger partial charge in [0.15, 0.2) is 11.6 Å². The SMILES string of the molecule is COc1cc(C=CCCNC(=O)OC(C)(C)C)cnc1N. The Kier molecular flexibility index (Phi) is 6.02. The summed E-state index contributed by atoms with van der Waals surface area (Å²) in [7, 11) is 1.55. The lowest BCUT2D eigenvalue weighted by Crippen LogP contribution is -2.32. The predicted octanol–water partition coefficient (Wildman–Crippen LogP) is 2.60. The van der Waals surface area contributed by atoms with Gasteiger partial charge in [-0.15, -0.1) is 0 Å². The first-order valence-electron chi connectivity index (χ1n) is 6.75. The Labute approximate surface area is 125 Å². The minimum Gasteiger partial charge on any atom is -0.493 e. The number of aromatic nitrogens is 1. The van der Waals surface area contributed by atoms with Crippen LogP contribution in [0.5, 0.6) is 5.75 Å². The Morgan fingerprint density at radius 2 is 2.19 bits per heavy atom. The van der Waals surface area contributed by atoms with Gasteiger partial charge in [-0.25, -0.2) is 9.78 Å². The number of methoxy groups -OCH3 is 1. The Bertz CT molecular complexity index is 507. The van der Waals surface area contributed by atoms with Gasteiger partial charge in [0.25, 0.3) is 0 Å². The second-order valence-corrected chi connectivity index (χ2v) is 5.48. The number of nitrogen functional groups attached to an aromatic ring is 1. The number of pyridine rings is 1. The number of nitrogens with one attached hydrogen (secondary N) is 1. The predicted molar refractivity (Wildman–Crippen MR) is 83.1 cm³/mol. The van der Waals surface area contributed by atoms with Gasteiger partial charge in [-0.05, 0) is 38.8 Å². The van der Waals surface area contributed by atoms with E-state index in [2.05, 4.69) is 10.3 Å². The molecule has 0 saturated carbocycles. The van der Waals surface area contributed by atoms with E-state index in [4.69, 9.17) is 15.2 Å². The van der Waals surface area contributed by atoms with Crippen molar-refractivity contribution >= 4 is 18.0 Å². The molecule has 6 heteroatoms. The lowest BCUT2D eigenvalue weighted by atomic mass is 10.2. The molecular weight excluding hydrogens is 270 g/mol. The van der Waals surface area contributed by atoms with Crippen LogP contribution in [0, 0.1) is 0 Å². The summed E-state index contributed by atoms with van der Waals surface area (Å²) >= 11 is 0. The number of anilines is 1. The van der Waals surface area contributed by atoms with Crippen LogP contribution in [-0.2, 0) is 4.74 Å². The van der Waals surface area contributed by atoms with Crippen LogP contribution in [0.25, 0.3) is 6.08 Å². The number of nitrogens with two attached hydrogens (primary N) is 1. The fourth-order valence-corrected chi connectivity index (χ4v) is 1.52. The maximum absolute atomic E-state index is 11.4. The lowest BCUT2D eigenvalue weighted by Gasteiger charge is -2.19. The molecule has 0 spiro atoms. The average molecular weight is 293 g/mol. The summed E-state index contributed by atoms with van der Waals surface area (Å²) in [5, 5.41) is 2.68. The molecule has 0 aromatic carbocycles. The van der Waals surface area contributed by atoms with E-state index in [-0.39, 0.29) is 0 Å². The first-order valence-corrected chi connectivity index (χ1v) is 6.75. The number of hydrogen-bond donors (Lipinski definition) is 2. The fourth-order valence-electron chi connectivity index (χ4n) is 1.52. The first kappa shape index (κ1) is 16.8. The van der Waals surface area contributed by atoms with Gasteiger partial charge in [0.05, 0.1) is 7.11 Å². The highest BCUT2D eigenvalue weighted by atomic mass is 16.6. The van der Waals surface area contributed by atoms with Crippen molar-refractivity contribution in [3.05, 3.63) is 23.9 Å². The molecule has 1 rings (SSSR count). The van der Waals surface area contributed by atoms with Gasteiger partial charge < -0.3 is 20.5 Å². The number of carbonyl (C=O) groups is 1. The van der Waals surface area contributed by atoms with Crippen LogP contribution in [0.15, 0.2) is 18.3 Å². The average Bonchev–Trinajstić information content (AvgIpc) is 2.38. The van der Waals surface area contributed by atoms with Gasteiger partial charge in [0.2, 0.25) is 0 Å². The third kappa shape index (κ3) is 6.65. The number of nitrogens with zero attached hydrogens (tertiary/aromatic N) is 1. The second-order valence-electron chi connectivity index (χ2n) is 5.48. The Morgan fingerprint density at radius 1 is 1.48 bits per heavy atom. The van der Waals surface area contributed by atoms with Crippen molar-refractivity contribution in [2.75, 3.05) is 19.4 Å². The van der Waals surface area contributed by atoms with Crippen LogP contribution in [0.2, 0.25) is 0 Å². The number of ether oxygens (including phenoxy) is 2. The lowest BCUT2D eigenvalue weighted by molar-refractivity contribution is 0.0529. The van der Waals surface area contributed by atoms with Crippen molar-refractivity contribution in [1.29, 1.82) is 0 Å². The van der Waals surface area contributed by atoms with Crippen molar-refractivity contribution in [3.63, 3.8) is 0 Å². The first-order chi connectivity index (χ1) is 9.81. The highest BCUT2D eigenvalue weighted by Crippen LogP contribution is 2.19. The fraction of sp³-hybridized carbons (Fsp3) is 0.467. The van der Waals surface area contributed by atoms with Gasteiger partial charge in [0, 0.05) is 12.7 Å². The van der Waals surface area contributed by atoms with Crippen LogP contribution in [0.3, 0.4) is 0 Å². The van der Waals surface area contributed by atoms with E-state index < -0.39 is 11.7 Å². The third-order valence-electron chi connectivity index (χ3n) is 2.41. The second kappa shape index (κ2) is 7.52. The van der Waals surface area contributed by atoms with Crippen LogP contribution < -0.4 is 15.8 Å². The van der Waals surface area contributed by atoms with Crippen molar-refractivity contribution in [3.8, 4) is 5.75 Å². The topological polar surface area (TPSA) is 86.5 Å². The van der Waals surface area contributed by atoms with Gasteiger partial charge in [-0.3, -0.25) is 0 Å². The van der Waals surface area contributed by atoms with Crippen molar-refractivity contribution in [2.45, 2.75) is 32.8 Å². The van der Waals surface area contributed by atoms with E-state index >= 15 is 0 Å². The van der Waals surface area contributed by atoms with Crippen molar-refractivity contribution < 1.29 is 14.3 Å². The molecule has 0 saturated heterocycles. The molecule has 0 atom stereocenters. The van der Waals surface area contributed by atoms with E-state index in [0.29, 0.717) is 24.5 Å². The summed E-state index contributed by atoms with van der Waals surface area (Å²) in [6.07, 6.45) is 5.77. The maximum atomic E-state index is 11.4. The summed E-state index contributed by atoms with van der Waals surface area (Å²) < 4.78 is 10.2. The molecule has 1 amide bonds. The smallest absolute Gasteiger partial charge is 0.407 e. The molecule has 21 heavy (non-hydrogen) atoms. The molecule has 1 heterocycles. The summed E-state index contributed by atoms with van der Waals surface area (Å²) in [6.45, 7) is 5.99. The van der Waals surface area contributed by atoms with Crippen LogP contribution in [0.1, 0.15) is 32.8 Å². The zero-order valence-electron chi connectivity index (χ0n) is 13.0. The maximum Gasteiger partial charge on any atom is 0.407 e. The molecule has 1 aromatic heterocycles. The molecule has 0 aliphatic rings. The number of carbonyl (C=O) groups excluding carboxylic acids is 1. The third-order valence-corrected chi connectivity index (χ3v) is 2.41. The number of hydrogen-bond acceptors (Lipinski definition) is 5. The number of amides is 1. The Morgan fingerprint density at radius 3 is 2.81 bits per heavy atom. The number of alkyl carbamates (subject to hydrolysis) is 1. The standard InChI is InChI=1S/C15H23N3O3/c1-15(2,3)21-14(19)17-8-6-5-7-11-9-12(20-4)13(16)18-10-11/h5,7,9-10H,6,8H2,1-4H3,(H2,16,18)(H,17,19). The Balaban J connectivity index is 2.37. The summed E-state index contributed by atoms with van der Waals surface area (Å²) in [5.74, 6) is 0.908. The van der Waals surface area contributed by atoms with Gasteiger partial charge >= 0.3 is 6.09 Å². The molecule has 0 bridgehead atoms. The van der Waals surface area contributed by atoms with E-state index in [1.54, 1.807) is 19.4 Å². The van der Waals surface area contributed by atoms with Gasteiger partial charge in [0.1, 0.15) is 5.60 Å². The van der Waals surface area contributed by atoms with Crippen molar-refractivity contribution in [1.82, 2.24) is 10.3 Å². The minimum atomic E-state index is -0.480. The molecule has 3 N–H and O–H groups in total. The molecule has 0 aliphatic carbocycles. The summed E-state index contributed by atoms with van der Waals surface area (Å²) in [6, 6.07) is 1.81. The van der Waals surface area contributed by atoms with Crippen molar-refractivity contribution in [2.24, 2.45) is 0 Å². The molecular formula is C15H23N3O3. The van der Waals surface area contributed by atoms with Gasteiger partial charge in [-0.2, -0.15) is 0 Å². The molecule has 116 valence electrons. The number of rotatable bonds is 5. The van der Waals surface area contributed by atoms with E-state index in [1.165, 1.54) is 0 Å². The molecule has 0 aliphatic heterocycles. The minimum absolute atomic E-state index is 0.362.